The highest BCUT2D eigenvalue weighted by atomic mass is 15.0. The van der Waals surface area contributed by atoms with Crippen molar-refractivity contribution in [3.05, 3.63) is 36.4 Å². The Morgan fingerprint density at radius 3 is 2.69 bits per heavy atom. The van der Waals surface area contributed by atoms with E-state index in [1.54, 1.807) is 12.4 Å². The lowest BCUT2D eigenvalue weighted by molar-refractivity contribution is 1.24. The van der Waals surface area contributed by atoms with Crippen molar-refractivity contribution < 1.29 is 0 Å². The molecule has 0 radical (unpaired) electrons. The van der Waals surface area contributed by atoms with Gasteiger partial charge in [-0.2, -0.15) is 0 Å². The van der Waals surface area contributed by atoms with Gasteiger partial charge in [0.25, 0.3) is 0 Å². The van der Waals surface area contributed by atoms with Crippen LogP contribution in [0.1, 0.15) is 5.82 Å². The lowest BCUT2D eigenvalue weighted by atomic mass is 10.1. The number of nitrogens with one attached hydrogen (secondary N) is 1. The molecule has 1 aliphatic rings. The molecule has 0 saturated carbocycles. The summed E-state index contributed by atoms with van der Waals surface area (Å²) >= 11 is 0. The van der Waals surface area contributed by atoms with E-state index in [1.165, 1.54) is 0 Å². The van der Waals surface area contributed by atoms with Crippen molar-refractivity contribution in [3.8, 4) is 0 Å². The number of nitrogens with zero attached hydrogens (tertiary/aromatic N) is 3. The van der Waals surface area contributed by atoms with Gasteiger partial charge in [-0.1, -0.05) is 18.2 Å². The van der Waals surface area contributed by atoms with Crippen molar-refractivity contribution in [2.24, 2.45) is 0 Å². The second-order valence-electron chi connectivity index (χ2n) is 2.80. The van der Waals surface area contributed by atoms with Crippen LogP contribution < -0.4 is 0 Å². The molecule has 0 amide bonds. The van der Waals surface area contributed by atoms with Crippen LogP contribution >= 0.6 is 0 Å². The van der Waals surface area contributed by atoms with Crippen LogP contribution in [-0.2, 0) is 0 Å². The third kappa shape index (κ3) is 0.885. The molecule has 13 heavy (non-hydrogen) atoms. The van der Waals surface area contributed by atoms with Crippen LogP contribution in [0.25, 0.3) is 16.9 Å². The first-order chi connectivity index (χ1) is 6.43. The standard InChI is InChI=1S/C9H6N4/c1-2-6(3-1)7-12-8-9(13-7)11-5-4-10-8/h1-5H,(H,10,11,12,13). The maximum absolute atomic E-state index is 4.29. The number of aromatic nitrogens is 4. The lowest BCUT2D eigenvalue weighted by Crippen LogP contribution is -1.88. The van der Waals surface area contributed by atoms with Crippen LogP contribution in [0, 0.1) is 0 Å². The minimum atomic E-state index is 0.665. The van der Waals surface area contributed by atoms with Crippen molar-refractivity contribution >= 4 is 16.9 Å². The maximum atomic E-state index is 4.29. The van der Waals surface area contributed by atoms with Gasteiger partial charge < -0.3 is 4.98 Å². The largest absolute Gasteiger partial charge is 0.321 e. The van der Waals surface area contributed by atoms with E-state index in [0.717, 1.165) is 17.0 Å². The highest BCUT2D eigenvalue weighted by Crippen LogP contribution is 2.20. The molecule has 0 aliphatic heterocycles. The van der Waals surface area contributed by atoms with Gasteiger partial charge in [-0.05, 0) is 0 Å². The third-order valence-electron chi connectivity index (χ3n) is 1.96. The molecule has 2 aromatic heterocycles. The second-order valence-corrected chi connectivity index (χ2v) is 2.80. The number of aromatic amines is 1. The number of rotatable bonds is 1. The number of imidazole rings is 1. The molecule has 4 heteroatoms. The molecule has 2 heterocycles. The maximum Gasteiger partial charge on any atom is 0.197 e. The van der Waals surface area contributed by atoms with Gasteiger partial charge in [0.05, 0.1) is 0 Å². The normalized spacial score (nSPS) is 14.3. The van der Waals surface area contributed by atoms with Gasteiger partial charge in [0.2, 0.25) is 0 Å². The minimum absolute atomic E-state index is 0.665. The van der Waals surface area contributed by atoms with E-state index >= 15 is 0 Å². The van der Waals surface area contributed by atoms with Gasteiger partial charge in [0.15, 0.2) is 11.3 Å². The molecular formula is C9H6N4. The Kier molecular flexibility index (Phi) is 1.14. The van der Waals surface area contributed by atoms with Crippen LogP contribution in [0.5, 0.6) is 0 Å². The van der Waals surface area contributed by atoms with Gasteiger partial charge in [-0.3, -0.25) is 0 Å². The van der Waals surface area contributed by atoms with Gasteiger partial charge >= 0.3 is 0 Å². The molecule has 0 unspecified atom stereocenters. The smallest absolute Gasteiger partial charge is 0.197 e. The summed E-state index contributed by atoms with van der Waals surface area (Å²) < 4.78 is 0. The fourth-order valence-electron chi connectivity index (χ4n) is 1.23. The summed E-state index contributed by atoms with van der Waals surface area (Å²) in [4.78, 5) is 15.6. The van der Waals surface area contributed by atoms with Crippen molar-refractivity contribution in [1.82, 2.24) is 19.9 Å². The van der Waals surface area contributed by atoms with Crippen molar-refractivity contribution in [2.75, 3.05) is 0 Å². The number of hydrogen-bond donors (Lipinski definition) is 1. The number of hydrogen-bond acceptors (Lipinski definition) is 3. The van der Waals surface area contributed by atoms with Gasteiger partial charge in [0.1, 0.15) is 5.82 Å². The quantitative estimate of drug-likeness (QED) is 0.701. The molecule has 0 saturated heterocycles. The lowest BCUT2D eigenvalue weighted by Gasteiger charge is -2.00. The van der Waals surface area contributed by atoms with Crippen LogP contribution in [0.3, 0.4) is 0 Å². The summed E-state index contributed by atoms with van der Waals surface area (Å²) in [7, 11) is 0. The van der Waals surface area contributed by atoms with E-state index in [4.69, 9.17) is 0 Å². The minimum Gasteiger partial charge on any atom is -0.321 e. The molecule has 1 aliphatic carbocycles. The fraction of sp³-hybridized carbons (Fsp3) is 0. The highest BCUT2D eigenvalue weighted by molar-refractivity contribution is 5.81. The SMILES string of the molecule is C1=CC(c2nc3nccnc3[nH]2)=C1. The van der Waals surface area contributed by atoms with Crippen LogP contribution in [-0.4, -0.2) is 19.9 Å². The molecule has 0 bridgehead atoms. The van der Waals surface area contributed by atoms with Crippen molar-refractivity contribution in [1.29, 1.82) is 0 Å². The zero-order chi connectivity index (χ0) is 8.67. The van der Waals surface area contributed by atoms with E-state index in [2.05, 4.69) is 19.9 Å². The molecule has 0 aromatic carbocycles. The Bertz CT molecular complexity index is 488. The predicted octanol–water partition coefficient (Wildman–Crippen LogP) is 1.31. The number of H-pyrrole nitrogens is 1. The molecule has 4 nitrogen and oxygen atoms in total. The van der Waals surface area contributed by atoms with Crippen LogP contribution in [0.2, 0.25) is 0 Å². The average Bonchev–Trinajstić information content (AvgIpc) is 2.43. The summed E-state index contributed by atoms with van der Waals surface area (Å²) in [5.41, 5.74) is 2.50. The average molecular weight is 170 g/mol. The Balaban J connectivity index is 2.22. The highest BCUT2D eigenvalue weighted by Gasteiger charge is 2.08. The first-order valence-corrected chi connectivity index (χ1v) is 3.99. The van der Waals surface area contributed by atoms with Crippen molar-refractivity contribution in [2.45, 2.75) is 0 Å². The molecule has 1 N–H and O–H groups in total. The van der Waals surface area contributed by atoms with E-state index in [9.17, 15) is 0 Å². The topological polar surface area (TPSA) is 54.5 Å². The first kappa shape index (κ1) is 6.54. The van der Waals surface area contributed by atoms with Crippen LogP contribution in [0.4, 0.5) is 0 Å². The number of allylic oxidation sites excluding steroid dienone is 4. The molecule has 3 rings (SSSR count). The van der Waals surface area contributed by atoms with E-state index in [1.807, 2.05) is 18.2 Å². The summed E-state index contributed by atoms with van der Waals surface area (Å²) in [5.74, 6) is 0.837. The van der Waals surface area contributed by atoms with E-state index < -0.39 is 0 Å². The van der Waals surface area contributed by atoms with Crippen molar-refractivity contribution in [3.63, 3.8) is 0 Å². The number of fused-ring (bicyclic) bond motifs is 1. The molecule has 0 atom stereocenters. The summed E-state index contributed by atoms with van der Waals surface area (Å²) in [6.07, 6.45) is 9.26. The second kappa shape index (κ2) is 2.26. The Labute approximate surface area is 74.1 Å². The molecule has 0 spiro atoms. The molecular weight excluding hydrogens is 164 g/mol. The van der Waals surface area contributed by atoms with E-state index in [-0.39, 0.29) is 0 Å². The zero-order valence-corrected chi connectivity index (χ0v) is 6.73. The summed E-state index contributed by atoms with van der Waals surface area (Å²) in [6, 6.07) is 0. The van der Waals surface area contributed by atoms with Gasteiger partial charge in [0, 0.05) is 18.0 Å². The van der Waals surface area contributed by atoms with Gasteiger partial charge in [-0.15, -0.1) is 0 Å². The monoisotopic (exact) mass is 170 g/mol. The van der Waals surface area contributed by atoms with E-state index in [0.29, 0.717) is 5.65 Å². The molecule has 62 valence electrons. The molecule has 2 aromatic rings. The third-order valence-corrected chi connectivity index (χ3v) is 1.96. The predicted molar refractivity (Wildman–Crippen MR) is 48.8 cm³/mol. The van der Waals surface area contributed by atoms with Crippen LogP contribution in [0.15, 0.2) is 30.6 Å². The molecule has 0 fully saturated rings. The Hall–Kier alpha value is -1.97. The Morgan fingerprint density at radius 1 is 1.15 bits per heavy atom. The first-order valence-electron chi connectivity index (χ1n) is 3.99. The summed E-state index contributed by atoms with van der Waals surface area (Å²) in [5, 5.41) is 0. The Morgan fingerprint density at radius 2 is 2.00 bits per heavy atom. The fourth-order valence-corrected chi connectivity index (χ4v) is 1.23. The summed E-state index contributed by atoms with van der Waals surface area (Å²) in [6.45, 7) is 0. The van der Waals surface area contributed by atoms with Gasteiger partial charge in [-0.25, -0.2) is 15.0 Å². The zero-order valence-electron chi connectivity index (χ0n) is 6.73.